The number of aromatic nitrogens is 2. The summed E-state index contributed by atoms with van der Waals surface area (Å²) in [5, 5.41) is 4.33. The molecule has 4 nitrogen and oxygen atoms in total. The van der Waals surface area contributed by atoms with Gasteiger partial charge in [-0.3, -0.25) is 4.79 Å². The molecule has 114 valence electrons. The topological polar surface area (TPSA) is 38.1 Å². The summed E-state index contributed by atoms with van der Waals surface area (Å²) in [4.78, 5) is 14.7. The molecule has 1 aromatic heterocycles. The SMILES string of the molecule is O=C(c1cnn(-c2ccccc2)c1)N1CCCc2ccccc21. The van der Waals surface area contributed by atoms with Gasteiger partial charge in [-0.1, -0.05) is 36.4 Å². The van der Waals surface area contributed by atoms with Gasteiger partial charge in [0.05, 0.1) is 17.4 Å². The molecular weight excluding hydrogens is 286 g/mol. The minimum atomic E-state index is 0.0133. The Labute approximate surface area is 135 Å². The highest BCUT2D eigenvalue weighted by Crippen LogP contribution is 2.28. The van der Waals surface area contributed by atoms with E-state index in [9.17, 15) is 4.79 Å². The summed E-state index contributed by atoms with van der Waals surface area (Å²) >= 11 is 0. The van der Waals surface area contributed by atoms with Crippen LogP contribution in [0.3, 0.4) is 0 Å². The van der Waals surface area contributed by atoms with Crippen molar-refractivity contribution in [3.8, 4) is 5.69 Å². The first kappa shape index (κ1) is 13.8. The Hall–Kier alpha value is -2.88. The monoisotopic (exact) mass is 303 g/mol. The van der Waals surface area contributed by atoms with E-state index < -0.39 is 0 Å². The van der Waals surface area contributed by atoms with E-state index >= 15 is 0 Å². The van der Waals surface area contributed by atoms with E-state index in [1.807, 2.05) is 53.4 Å². The van der Waals surface area contributed by atoms with Crippen LogP contribution in [0, 0.1) is 0 Å². The molecule has 4 rings (SSSR count). The third-order valence-corrected chi connectivity index (χ3v) is 4.21. The van der Waals surface area contributed by atoms with Gasteiger partial charge in [0, 0.05) is 18.4 Å². The minimum absolute atomic E-state index is 0.0133. The van der Waals surface area contributed by atoms with E-state index in [4.69, 9.17) is 0 Å². The van der Waals surface area contributed by atoms with E-state index in [1.165, 1.54) is 5.56 Å². The second kappa shape index (κ2) is 5.72. The van der Waals surface area contributed by atoms with Crippen molar-refractivity contribution in [3.63, 3.8) is 0 Å². The van der Waals surface area contributed by atoms with Gasteiger partial charge in [-0.15, -0.1) is 0 Å². The molecule has 2 heterocycles. The van der Waals surface area contributed by atoms with Crippen molar-refractivity contribution in [2.24, 2.45) is 0 Å². The lowest BCUT2D eigenvalue weighted by Crippen LogP contribution is -2.35. The number of hydrogen-bond donors (Lipinski definition) is 0. The molecule has 1 aliphatic rings. The Morgan fingerprint density at radius 3 is 2.65 bits per heavy atom. The predicted octanol–water partition coefficient (Wildman–Crippen LogP) is 3.47. The number of aryl methyl sites for hydroxylation is 1. The van der Waals surface area contributed by atoms with Crippen LogP contribution in [-0.4, -0.2) is 22.2 Å². The number of nitrogens with zero attached hydrogens (tertiary/aromatic N) is 3. The molecule has 0 fully saturated rings. The van der Waals surface area contributed by atoms with Crippen molar-refractivity contribution < 1.29 is 4.79 Å². The number of carbonyl (C=O) groups excluding carboxylic acids is 1. The molecule has 0 bridgehead atoms. The number of amides is 1. The zero-order chi connectivity index (χ0) is 15.6. The van der Waals surface area contributed by atoms with Gasteiger partial charge >= 0.3 is 0 Å². The standard InChI is InChI=1S/C19H17N3O/c23-19(21-12-6-8-15-7-4-5-11-18(15)21)16-13-20-22(14-16)17-9-2-1-3-10-17/h1-5,7,9-11,13-14H,6,8,12H2. The average Bonchev–Trinajstić information content (AvgIpc) is 3.11. The van der Waals surface area contributed by atoms with E-state index in [1.54, 1.807) is 17.1 Å². The molecule has 4 heteroatoms. The minimum Gasteiger partial charge on any atom is -0.308 e. The molecule has 2 aromatic carbocycles. The summed E-state index contributed by atoms with van der Waals surface area (Å²) in [5.41, 5.74) is 3.83. The smallest absolute Gasteiger partial charge is 0.261 e. The van der Waals surface area contributed by atoms with Crippen LogP contribution in [0.2, 0.25) is 0 Å². The summed E-state index contributed by atoms with van der Waals surface area (Å²) in [7, 11) is 0. The lowest BCUT2D eigenvalue weighted by atomic mass is 10.0. The second-order valence-corrected chi connectivity index (χ2v) is 5.70. The third-order valence-electron chi connectivity index (χ3n) is 4.21. The van der Waals surface area contributed by atoms with Crippen molar-refractivity contribution in [3.05, 3.63) is 78.1 Å². The molecule has 1 amide bonds. The Morgan fingerprint density at radius 1 is 1.00 bits per heavy atom. The summed E-state index contributed by atoms with van der Waals surface area (Å²) in [5.74, 6) is 0.0133. The highest BCUT2D eigenvalue weighted by Gasteiger charge is 2.24. The first-order valence-electron chi connectivity index (χ1n) is 7.83. The molecule has 0 unspecified atom stereocenters. The van der Waals surface area contributed by atoms with Crippen molar-refractivity contribution in [2.45, 2.75) is 12.8 Å². The van der Waals surface area contributed by atoms with Crippen LogP contribution in [0.1, 0.15) is 22.3 Å². The molecule has 1 aliphatic heterocycles. The highest BCUT2D eigenvalue weighted by molar-refractivity contribution is 6.06. The second-order valence-electron chi connectivity index (χ2n) is 5.70. The Balaban J connectivity index is 1.65. The maximum absolute atomic E-state index is 12.9. The molecule has 0 atom stereocenters. The molecule has 0 saturated heterocycles. The summed E-state index contributed by atoms with van der Waals surface area (Å²) in [6.07, 6.45) is 5.47. The zero-order valence-corrected chi connectivity index (χ0v) is 12.7. The quantitative estimate of drug-likeness (QED) is 0.727. The largest absolute Gasteiger partial charge is 0.308 e. The van der Waals surface area contributed by atoms with Crippen molar-refractivity contribution in [1.29, 1.82) is 0 Å². The van der Waals surface area contributed by atoms with Gasteiger partial charge in [0.15, 0.2) is 0 Å². The van der Waals surface area contributed by atoms with Gasteiger partial charge in [0.2, 0.25) is 0 Å². The number of benzene rings is 2. The van der Waals surface area contributed by atoms with Gasteiger partial charge in [-0.2, -0.15) is 5.10 Å². The first-order valence-corrected chi connectivity index (χ1v) is 7.83. The number of carbonyl (C=O) groups is 1. The van der Waals surface area contributed by atoms with E-state index in [0.717, 1.165) is 30.8 Å². The Morgan fingerprint density at radius 2 is 1.78 bits per heavy atom. The summed E-state index contributed by atoms with van der Waals surface area (Å²) in [6, 6.07) is 18.0. The van der Waals surface area contributed by atoms with Gasteiger partial charge in [-0.25, -0.2) is 4.68 Å². The fourth-order valence-electron chi connectivity index (χ4n) is 3.06. The molecule has 0 aliphatic carbocycles. The molecule has 0 radical (unpaired) electrons. The maximum atomic E-state index is 12.9. The van der Waals surface area contributed by atoms with Crippen molar-refractivity contribution >= 4 is 11.6 Å². The zero-order valence-electron chi connectivity index (χ0n) is 12.7. The van der Waals surface area contributed by atoms with Crippen LogP contribution in [0.4, 0.5) is 5.69 Å². The average molecular weight is 303 g/mol. The molecule has 3 aromatic rings. The number of fused-ring (bicyclic) bond motifs is 1. The lowest BCUT2D eigenvalue weighted by Gasteiger charge is -2.29. The fraction of sp³-hybridized carbons (Fsp3) is 0.158. The number of para-hydroxylation sites is 2. The van der Waals surface area contributed by atoms with E-state index in [-0.39, 0.29) is 5.91 Å². The number of anilines is 1. The molecular formula is C19H17N3O. The first-order chi connectivity index (χ1) is 11.3. The Bertz CT molecular complexity index is 839. The van der Waals surface area contributed by atoms with Crippen LogP contribution < -0.4 is 4.90 Å². The van der Waals surface area contributed by atoms with Crippen LogP contribution in [0.15, 0.2) is 67.0 Å². The fourth-order valence-corrected chi connectivity index (χ4v) is 3.06. The molecule has 0 saturated carbocycles. The van der Waals surface area contributed by atoms with Crippen LogP contribution in [-0.2, 0) is 6.42 Å². The molecule has 0 N–H and O–H groups in total. The van der Waals surface area contributed by atoms with Crippen molar-refractivity contribution in [2.75, 3.05) is 11.4 Å². The number of hydrogen-bond acceptors (Lipinski definition) is 2. The maximum Gasteiger partial charge on any atom is 0.261 e. The predicted molar refractivity (Wildman–Crippen MR) is 90.0 cm³/mol. The van der Waals surface area contributed by atoms with Gasteiger partial charge in [-0.05, 0) is 36.6 Å². The summed E-state index contributed by atoms with van der Waals surface area (Å²) < 4.78 is 1.74. The molecule has 23 heavy (non-hydrogen) atoms. The van der Waals surface area contributed by atoms with Crippen LogP contribution >= 0.6 is 0 Å². The highest BCUT2D eigenvalue weighted by atomic mass is 16.2. The van der Waals surface area contributed by atoms with Gasteiger partial charge < -0.3 is 4.90 Å². The van der Waals surface area contributed by atoms with Crippen LogP contribution in [0.25, 0.3) is 5.69 Å². The third kappa shape index (κ3) is 2.52. The van der Waals surface area contributed by atoms with E-state index in [0.29, 0.717) is 5.56 Å². The normalized spacial score (nSPS) is 13.7. The lowest BCUT2D eigenvalue weighted by molar-refractivity contribution is 0.0985. The van der Waals surface area contributed by atoms with Crippen LogP contribution in [0.5, 0.6) is 0 Å². The molecule has 0 spiro atoms. The van der Waals surface area contributed by atoms with E-state index in [2.05, 4.69) is 11.2 Å². The van der Waals surface area contributed by atoms with Gasteiger partial charge in [0.1, 0.15) is 0 Å². The summed E-state index contributed by atoms with van der Waals surface area (Å²) in [6.45, 7) is 0.756. The van der Waals surface area contributed by atoms with Gasteiger partial charge in [0.25, 0.3) is 5.91 Å². The Kier molecular flexibility index (Phi) is 3.42. The number of rotatable bonds is 2. The van der Waals surface area contributed by atoms with Crippen molar-refractivity contribution in [1.82, 2.24) is 9.78 Å².